The van der Waals surface area contributed by atoms with Gasteiger partial charge >= 0.3 is 17.6 Å². The molecule has 0 N–H and O–H groups in total. The van der Waals surface area contributed by atoms with Gasteiger partial charge in [-0.2, -0.15) is 0 Å². The lowest BCUT2D eigenvalue weighted by molar-refractivity contribution is 0.0341. The van der Waals surface area contributed by atoms with Crippen LogP contribution >= 0.6 is 0 Å². The number of hydrogen-bond donors (Lipinski definition) is 0. The molecule has 0 aliphatic carbocycles. The molecule has 0 aromatic heterocycles. The molecule has 2 aliphatic heterocycles. The molecule has 0 radical (unpaired) electrons. The highest BCUT2D eigenvalue weighted by Gasteiger charge is 2.52. The number of ether oxygens (including phenoxy) is 4. The van der Waals surface area contributed by atoms with Crippen molar-refractivity contribution < 1.29 is 40.8 Å². The highest BCUT2D eigenvalue weighted by molar-refractivity contribution is 6.76. The summed E-state index contributed by atoms with van der Waals surface area (Å²) in [7, 11) is 0.446. The first-order valence-electron chi connectivity index (χ1n) is 9.40. The monoisotopic (exact) mass is 426 g/mol. The van der Waals surface area contributed by atoms with E-state index in [0.717, 1.165) is 38.1 Å². The Morgan fingerprint density at radius 3 is 1.52 bits per heavy atom. The van der Waals surface area contributed by atoms with Crippen molar-refractivity contribution in [2.45, 2.75) is 37.1 Å². The smallest absolute Gasteiger partial charge is 0.398 e. The summed E-state index contributed by atoms with van der Waals surface area (Å²) in [5.41, 5.74) is 0. The van der Waals surface area contributed by atoms with Gasteiger partial charge in [-0.05, 0) is 24.9 Å². The van der Waals surface area contributed by atoms with E-state index < -0.39 is 17.6 Å². The van der Waals surface area contributed by atoms with Gasteiger partial charge in [0.25, 0.3) is 0 Å². The molecule has 27 heavy (non-hydrogen) atoms. The summed E-state index contributed by atoms with van der Waals surface area (Å²) in [6.45, 7) is 4.17. The Hall–Kier alpha value is 0.0738. The molecule has 0 aromatic carbocycles. The van der Waals surface area contributed by atoms with Gasteiger partial charge in [0.1, 0.15) is 12.2 Å². The Morgan fingerprint density at radius 1 is 0.741 bits per heavy atom. The molecular weight excluding hydrogens is 392 g/mol. The van der Waals surface area contributed by atoms with Crippen LogP contribution in [0.2, 0.25) is 12.1 Å². The molecule has 2 rings (SSSR count). The van der Waals surface area contributed by atoms with Crippen molar-refractivity contribution in [2.24, 2.45) is 0 Å². The van der Waals surface area contributed by atoms with Crippen LogP contribution in [0.5, 0.6) is 0 Å². The van der Waals surface area contributed by atoms with Gasteiger partial charge < -0.3 is 40.8 Å². The fourth-order valence-electron chi connectivity index (χ4n) is 2.72. The second kappa shape index (κ2) is 11.9. The van der Waals surface area contributed by atoms with Crippen LogP contribution in [0, 0.1) is 0 Å². The van der Waals surface area contributed by atoms with Crippen LogP contribution in [-0.4, -0.2) is 97.9 Å². The zero-order valence-corrected chi connectivity index (χ0v) is 18.9. The third-order valence-corrected chi connectivity index (χ3v) is 11.5. The Balaban J connectivity index is 1.83. The highest BCUT2D eigenvalue weighted by atomic mass is 28.5. The van der Waals surface area contributed by atoms with Crippen molar-refractivity contribution in [3.8, 4) is 0 Å². The second-order valence-corrected chi connectivity index (χ2v) is 12.9. The minimum absolute atomic E-state index is 0.272. The van der Waals surface area contributed by atoms with E-state index in [0.29, 0.717) is 26.4 Å². The molecule has 0 bridgehead atoms. The van der Waals surface area contributed by atoms with E-state index in [-0.39, 0.29) is 12.2 Å². The SMILES string of the molecule is CO[Si](CCCOCC1CO1)(CCCOCC1CO1)O[Si](OC)(OC)OC. The van der Waals surface area contributed by atoms with E-state index in [9.17, 15) is 0 Å². The second-order valence-electron chi connectivity index (χ2n) is 6.60. The summed E-state index contributed by atoms with van der Waals surface area (Å²) < 4.78 is 50.2. The molecule has 2 atom stereocenters. The molecule has 0 aromatic rings. The topological polar surface area (TPSA) is 89.7 Å². The number of rotatable bonds is 18. The van der Waals surface area contributed by atoms with E-state index in [1.807, 2.05) is 0 Å². The van der Waals surface area contributed by atoms with Crippen molar-refractivity contribution >= 4 is 17.6 Å². The lowest BCUT2D eigenvalue weighted by Gasteiger charge is -2.35. The average Bonchev–Trinajstić information content (AvgIpc) is 3.60. The van der Waals surface area contributed by atoms with Crippen LogP contribution < -0.4 is 0 Å². The van der Waals surface area contributed by atoms with E-state index in [2.05, 4.69) is 0 Å². The zero-order chi connectivity index (χ0) is 19.6. The Bertz CT molecular complexity index is 373. The van der Waals surface area contributed by atoms with Crippen LogP contribution in [0.15, 0.2) is 0 Å². The van der Waals surface area contributed by atoms with Gasteiger partial charge in [-0.3, -0.25) is 0 Å². The van der Waals surface area contributed by atoms with E-state index in [1.165, 1.54) is 21.3 Å². The molecule has 2 saturated heterocycles. The van der Waals surface area contributed by atoms with Crippen LogP contribution in [0.25, 0.3) is 0 Å². The largest absolute Gasteiger partial charge is 0.669 e. The molecule has 2 fully saturated rings. The van der Waals surface area contributed by atoms with Gasteiger partial charge in [0, 0.05) is 41.7 Å². The molecule has 0 amide bonds. The highest BCUT2D eigenvalue weighted by Crippen LogP contribution is 2.28. The minimum atomic E-state index is -3.21. The van der Waals surface area contributed by atoms with Crippen LogP contribution in [0.1, 0.15) is 12.8 Å². The number of epoxide rings is 2. The minimum Gasteiger partial charge on any atom is -0.398 e. The lowest BCUT2D eigenvalue weighted by atomic mass is 10.5. The summed E-state index contributed by atoms with van der Waals surface area (Å²) in [5.74, 6) is 0. The number of hydrogen-bond acceptors (Lipinski definition) is 9. The first kappa shape index (κ1) is 23.4. The lowest BCUT2D eigenvalue weighted by Crippen LogP contribution is -2.57. The molecular formula is C16H34O9Si2. The summed E-state index contributed by atoms with van der Waals surface area (Å²) >= 11 is 0. The van der Waals surface area contributed by atoms with Crippen molar-refractivity contribution in [2.75, 3.05) is 68.1 Å². The van der Waals surface area contributed by atoms with Crippen LogP contribution in [-0.2, 0) is 40.8 Å². The Labute approximate surface area is 164 Å². The molecule has 2 unspecified atom stereocenters. The van der Waals surface area contributed by atoms with Crippen molar-refractivity contribution in [3.05, 3.63) is 0 Å². The summed E-state index contributed by atoms with van der Waals surface area (Å²) in [6.07, 6.45) is 2.19. The van der Waals surface area contributed by atoms with Gasteiger partial charge in [-0.25, -0.2) is 0 Å². The van der Waals surface area contributed by atoms with Crippen molar-refractivity contribution in [3.63, 3.8) is 0 Å². The van der Waals surface area contributed by atoms with Crippen molar-refractivity contribution in [1.29, 1.82) is 0 Å². The predicted molar refractivity (Wildman–Crippen MR) is 101 cm³/mol. The molecule has 2 aliphatic rings. The molecule has 160 valence electrons. The average molecular weight is 427 g/mol. The zero-order valence-electron chi connectivity index (χ0n) is 16.9. The van der Waals surface area contributed by atoms with Gasteiger partial charge in [0.2, 0.25) is 0 Å². The maximum atomic E-state index is 6.33. The molecule has 0 spiro atoms. The molecule has 11 heteroatoms. The van der Waals surface area contributed by atoms with E-state index in [1.54, 1.807) is 7.11 Å². The molecule has 2 heterocycles. The first-order chi connectivity index (χ1) is 13.1. The normalized spacial score (nSPS) is 24.0. The maximum absolute atomic E-state index is 6.33. The van der Waals surface area contributed by atoms with E-state index >= 15 is 0 Å². The Kier molecular flexibility index (Phi) is 10.3. The van der Waals surface area contributed by atoms with Gasteiger partial charge in [-0.1, -0.05) is 0 Å². The van der Waals surface area contributed by atoms with Crippen LogP contribution in [0.3, 0.4) is 0 Å². The fourth-order valence-corrected chi connectivity index (χ4v) is 9.22. The Morgan fingerprint density at radius 2 is 1.19 bits per heavy atom. The quantitative estimate of drug-likeness (QED) is 0.181. The van der Waals surface area contributed by atoms with E-state index in [4.69, 9.17) is 40.8 Å². The third-order valence-electron chi connectivity index (χ3n) is 4.54. The third kappa shape index (κ3) is 8.54. The van der Waals surface area contributed by atoms with Crippen LogP contribution in [0.4, 0.5) is 0 Å². The summed E-state index contributed by atoms with van der Waals surface area (Å²) in [6, 6.07) is 1.51. The predicted octanol–water partition coefficient (Wildman–Crippen LogP) is 1.08. The standard InChI is InChI=1S/C16H34O9Si2/c1-17-26(25-27(18-2,19-3)20-4,9-5-7-21-11-15-13-23-15)10-6-8-22-12-16-14-24-16/h15-16H,5-14H2,1-4H3. The summed E-state index contributed by atoms with van der Waals surface area (Å²) in [4.78, 5) is 0. The van der Waals surface area contributed by atoms with Gasteiger partial charge in [-0.15, -0.1) is 0 Å². The molecule has 0 saturated carbocycles. The molecule has 9 nitrogen and oxygen atoms in total. The summed E-state index contributed by atoms with van der Waals surface area (Å²) in [5, 5.41) is 0. The van der Waals surface area contributed by atoms with Gasteiger partial charge in [0.15, 0.2) is 0 Å². The first-order valence-corrected chi connectivity index (χ1v) is 13.3. The fraction of sp³-hybridized carbons (Fsp3) is 1.00. The van der Waals surface area contributed by atoms with Crippen molar-refractivity contribution in [1.82, 2.24) is 0 Å². The maximum Gasteiger partial charge on any atom is 0.669 e. The van der Waals surface area contributed by atoms with Gasteiger partial charge in [0.05, 0.1) is 26.4 Å².